The third kappa shape index (κ3) is 8.75. The van der Waals surface area contributed by atoms with Crippen LogP contribution in [0.4, 0.5) is 0 Å². The third-order valence-corrected chi connectivity index (χ3v) is 3.70. The van der Waals surface area contributed by atoms with Crippen molar-refractivity contribution >= 4 is 20.2 Å². The highest BCUT2D eigenvalue weighted by molar-refractivity contribution is 7.86. The minimum absolute atomic E-state index is 0.309. The molecule has 0 aromatic heterocycles. The fourth-order valence-electron chi connectivity index (χ4n) is 1.83. The fraction of sp³-hybridized carbons (Fsp3) is 0.455. The maximum Gasteiger partial charge on any atom is 0.279 e. The van der Waals surface area contributed by atoms with Crippen LogP contribution in [-0.2, 0) is 26.7 Å². The zero-order valence-electron chi connectivity index (χ0n) is 11.4. The lowest BCUT2D eigenvalue weighted by Crippen LogP contribution is -2.48. The van der Waals surface area contributed by atoms with Crippen LogP contribution >= 0.6 is 0 Å². The molecule has 0 fully saturated rings. The van der Waals surface area contributed by atoms with E-state index in [1.165, 1.54) is 0 Å². The van der Waals surface area contributed by atoms with Gasteiger partial charge in [0.15, 0.2) is 0 Å². The number of benzene rings is 1. The molecule has 0 aliphatic carbocycles. The van der Waals surface area contributed by atoms with Crippen molar-refractivity contribution in [1.82, 2.24) is 10.4 Å². The Morgan fingerprint density at radius 3 is 1.95 bits per heavy atom. The number of nitrogens with one attached hydrogen (secondary N) is 1. The molecule has 0 bridgehead atoms. The van der Waals surface area contributed by atoms with Crippen molar-refractivity contribution in [1.29, 1.82) is 0 Å². The fourth-order valence-corrected chi connectivity index (χ4v) is 3.07. The van der Waals surface area contributed by atoms with E-state index >= 15 is 0 Å². The monoisotopic (exact) mass is 338 g/mol. The minimum atomic E-state index is -4.43. The van der Waals surface area contributed by atoms with E-state index in [4.69, 9.17) is 9.11 Å². The van der Waals surface area contributed by atoms with Gasteiger partial charge in [-0.1, -0.05) is 30.3 Å². The Kier molecular flexibility index (Phi) is 6.25. The lowest BCUT2D eigenvalue weighted by Gasteiger charge is -2.24. The van der Waals surface area contributed by atoms with E-state index < -0.39 is 32.0 Å². The molecule has 3 N–H and O–H groups in total. The predicted octanol–water partition coefficient (Wildman–Crippen LogP) is 0.115. The Bertz CT molecular complexity index is 611. The van der Waals surface area contributed by atoms with Gasteiger partial charge in [-0.15, -0.1) is 0 Å². The highest BCUT2D eigenvalue weighted by Crippen LogP contribution is 2.04. The van der Waals surface area contributed by atoms with E-state index in [1.807, 2.05) is 30.3 Å². The second-order valence-electron chi connectivity index (χ2n) is 4.68. The average Bonchev–Trinajstić information content (AvgIpc) is 2.24. The number of hydrogen-bond acceptors (Lipinski definition) is 6. The van der Waals surface area contributed by atoms with E-state index in [0.29, 0.717) is 6.42 Å². The summed E-state index contributed by atoms with van der Waals surface area (Å²) in [5.41, 5.74) is 3.60. The number of hydrazine groups is 1. The van der Waals surface area contributed by atoms with Crippen molar-refractivity contribution in [2.45, 2.75) is 19.4 Å². The molecule has 0 aliphatic rings. The summed E-state index contributed by atoms with van der Waals surface area (Å²) in [7, 11) is -8.85. The molecule has 0 saturated heterocycles. The van der Waals surface area contributed by atoms with Gasteiger partial charge in [-0.05, 0) is 18.9 Å². The summed E-state index contributed by atoms with van der Waals surface area (Å²) in [5.74, 6) is -1.90. The molecule has 120 valence electrons. The van der Waals surface area contributed by atoms with Crippen molar-refractivity contribution in [2.75, 3.05) is 11.8 Å². The van der Waals surface area contributed by atoms with E-state index in [2.05, 4.69) is 5.43 Å². The lowest BCUT2D eigenvalue weighted by molar-refractivity contribution is 0.210. The zero-order valence-corrected chi connectivity index (χ0v) is 13.0. The molecule has 0 radical (unpaired) electrons. The van der Waals surface area contributed by atoms with Gasteiger partial charge in [-0.3, -0.25) is 9.11 Å². The molecule has 0 aliphatic heterocycles. The Morgan fingerprint density at radius 2 is 1.52 bits per heavy atom. The van der Waals surface area contributed by atoms with Gasteiger partial charge in [0.1, 0.15) is 11.8 Å². The second-order valence-corrected chi connectivity index (χ2v) is 7.53. The summed E-state index contributed by atoms with van der Waals surface area (Å²) in [6.07, 6.45) is 0.508. The molecule has 21 heavy (non-hydrogen) atoms. The Hall–Kier alpha value is -1.04. The van der Waals surface area contributed by atoms with Crippen LogP contribution in [0.5, 0.6) is 0 Å². The van der Waals surface area contributed by atoms with Crippen molar-refractivity contribution < 1.29 is 25.9 Å². The standard InChI is InChI=1S/C11H18N2O6S2/c1-10(7-11-5-3-2-4-6-11)12-13(8-20(14,15)16)9-21(17,18)19/h2-6,10,12H,7-9H2,1H3,(H,14,15,16)(H,17,18,19)/t10-/m1/s1. The van der Waals surface area contributed by atoms with E-state index in [1.54, 1.807) is 6.92 Å². The summed E-state index contributed by atoms with van der Waals surface area (Å²) in [4.78, 5) is 0. The average molecular weight is 338 g/mol. The summed E-state index contributed by atoms with van der Waals surface area (Å²) in [6.45, 7) is 1.72. The first-order valence-corrected chi connectivity index (χ1v) is 9.22. The normalized spacial score (nSPS) is 14.3. The third-order valence-electron chi connectivity index (χ3n) is 2.43. The molecule has 1 aromatic rings. The van der Waals surface area contributed by atoms with E-state index in [0.717, 1.165) is 10.6 Å². The first-order chi connectivity index (χ1) is 9.55. The molecule has 0 spiro atoms. The summed E-state index contributed by atoms with van der Waals surface area (Å²) in [5, 5.41) is 0.734. The minimum Gasteiger partial charge on any atom is -0.285 e. The van der Waals surface area contributed by atoms with E-state index in [9.17, 15) is 16.8 Å². The number of nitrogens with zero attached hydrogens (tertiary/aromatic N) is 1. The molecule has 1 atom stereocenters. The van der Waals surface area contributed by atoms with Gasteiger partial charge in [0, 0.05) is 6.04 Å². The number of rotatable bonds is 8. The molecule has 0 saturated carbocycles. The number of hydrogen-bond donors (Lipinski definition) is 3. The second kappa shape index (κ2) is 7.29. The van der Waals surface area contributed by atoms with Crippen LogP contribution in [-0.4, -0.2) is 48.7 Å². The molecular weight excluding hydrogens is 320 g/mol. The molecule has 0 unspecified atom stereocenters. The molecule has 0 amide bonds. The Morgan fingerprint density at radius 1 is 1.05 bits per heavy atom. The van der Waals surface area contributed by atoms with Crippen LogP contribution < -0.4 is 5.43 Å². The molecule has 8 nitrogen and oxygen atoms in total. The van der Waals surface area contributed by atoms with Crippen LogP contribution in [0.2, 0.25) is 0 Å². The first kappa shape index (κ1) is 18.0. The smallest absolute Gasteiger partial charge is 0.279 e. The molecule has 1 aromatic carbocycles. The predicted molar refractivity (Wildman–Crippen MR) is 77.4 cm³/mol. The van der Waals surface area contributed by atoms with Gasteiger partial charge in [0.25, 0.3) is 20.2 Å². The Balaban J connectivity index is 2.71. The molecular formula is C11H18N2O6S2. The highest BCUT2D eigenvalue weighted by atomic mass is 32.2. The van der Waals surface area contributed by atoms with E-state index in [-0.39, 0.29) is 6.04 Å². The maximum atomic E-state index is 10.9. The Labute approximate surface area is 124 Å². The van der Waals surface area contributed by atoms with Gasteiger partial charge >= 0.3 is 0 Å². The largest absolute Gasteiger partial charge is 0.285 e. The highest BCUT2D eigenvalue weighted by Gasteiger charge is 2.21. The van der Waals surface area contributed by atoms with Crippen molar-refractivity contribution in [3.8, 4) is 0 Å². The molecule has 1 rings (SSSR count). The topological polar surface area (TPSA) is 124 Å². The molecule has 10 heteroatoms. The quantitative estimate of drug-likeness (QED) is 0.451. The van der Waals surface area contributed by atoms with Gasteiger partial charge in [0.2, 0.25) is 0 Å². The lowest BCUT2D eigenvalue weighted by atomic mass is 10.1. The van der Waals surface area contributed by atoms with Crippen LogP contribution in [0.15, 0.2) is 30.3 Å². The van der Waals surface area contributed by atoms with Gasteiger partial charge in [0.05, 0.1) is 0 Å². The van der Waals surface area contributed by atoms with Crippen LogP contribution in [0.1, 0.15) is 12.5 Å². The van der Waals surface area contributed by atoms with Crippen molar-refractivity contribution in [3.05, 3.63) is 35.9 Å². The van der Waals surface area contributed by atoms with Crippen molar-refractivity contribution in [2.24, 2.45) is 0 Å². The van der Waals surface area contributed by atoms with Crippen LogP contribution in [0.3, 0.4) is 0 Å². The van der Waals surface area contributed by atoms with Gasteiger partial charge in [-0.2, -0.15) is 16.8 Å². The van der Waals surface area contributed by atoms with Crippen LogP contribution in [0.25, 0.3) is 0 Å². The summed E-state index contributed by atoms with van der Waals surface area (Å²) in [6, 6.07) is 8.97. The first-order valence-electron chi connectivity index (χ1n) is 6.00. The van der Waals surface area contributed by atoms with Gasteiger partial charge in [-0.25, -0.2) is 10.4 Å². The maximum absolute atomic E-state index is 10.9. The summed E-state index contributed by atoms with van der Waals surface area (Å²) < 4.78 is 61.1. The zero-order chi connectivity index (χ0) is 16.1. The van der Waals surface area contributed by atoms with Crippen molar-refractivity contribution in [3.63, 3.8) is 0 Å². The van der Waals surface area contributed by atoms with Gasteiger partial charge < -0.3 is 0 Å². The molecule has 0 heterocycles. The van der Waals surface area contributed by atoms with Crippen LogP contribution in [0, 0.1) is 0 Å². The summed E-state index contributed by atoms with van der Waals surface area (Å²) >= 11 is 0. The SMILES string of the molecule is C[C@H](Cc1ccccc1)NN(CS(=O)(=O)O)CS(=O)(=O)O.